The number of hydrogen-bond donors (Lipinski definition) is 1. The number of amides is 1. The number of carbonyl (C=O) groups is 1. The summed E-state index contributed by atoms with van der Waals surface area (Å²) in [5.74, 6) is 1.10. The summed E-state index contributed by atoms with van der Waals surface area (Å²) in [5.41, 5.74) is 1.82. The molecule has 36 heavy (non-hydrogen) atoms. The average molecular weight is 535 g/mol. The molecule has 9 heteroatoms. The second-order valence-corrected chi connectivity index (χ2v) is 12.7. The molecule has 1 aromatic carbocycles. The highest BCUT2D eigenvalue weighted by atomic mass is 32.2. The van der Waals surface area contributed by atoms with E-state index in [0.717, 1.165) is 37.2 Å². The Morgan fingerprint density at radius 3 is 2.42 bits per heavy atom. The maximum atomic E-state index is 12.6. The van der Waals surface area contributed by atoms with E-state index in [1.165, 1.54) is 16.2 Å². The van der Waals surface area contributed by atoms with Crippen LogP contribution in [-0.4, -0.2) is 36.5 Å². The third-order valence-corrected chi connectivity index (χ3v) is 9.29. The molecule has 4 rings (SSSR count). The van der Waals surface area contributed by atoms with E-state index >= 15 is 0 Å². The van der Waals surface area contributed by atoms with E-state index in [1.807, 2.05) is 0 Å². The minimum absolute atomic E-state index is 0. The zero-order chi connectivity index (χ0) is 23.8. The first-order valence-electron chi connectivity index (χ1n) is 11.4. The predicted octanol–water partition coefficient (Wildman–Crippen LogP) is 6.09. The van der Waals surface area contributed by atoms with Crippen molar-refractivity contribution in [3.8, 4) is 6.07 Å². The normalized spacial score (nSPS) is 20.7. The molecule has 1 N–H and O–H groups in total. The molecular formula is C27H42N4O3S2. The first kappa shape index (κ1) is 31.7. The van der Waals surface area contributed by atoms with Gasteiger partial charge in [-0.15, -0.1) is 11.3 Å². The van der Waals surface area contributed by atoms with Gasteiger partial charge in [0.05, 0.1) is 34.9 Å². The summed E-state index contributed by atoms with van der Waals surface area (Å²) in [6.07, 6.45) is 2.15. The molecule has 1 aliphatic heterocycles. The van der Waals surface area contributed by atoms with Crippen molar-refractivity contribution in [1.29, 1.82) is 5.26 Å². The smallest absolute Gasteiger partial charge is 0.230 e. The third-order valence-electron chi connectivity index (χ3n) is 6.56. The van der Waals surface area contributed by atoms with E-state index in [-0.39, 0.29) is 57.2 Å². The van der Waals surface area contributed by atoms with Crippen molar-refractivity contribution in [2.45, 2.75) is 79.8 Å². The molecule has 7 nitrogen and oxygen atoms in total. The van der Waals surface area contributed by atoms with Crippen molar-refractivity contribution >= 4 is 32.2 Å². The molecule has 0 saturated heterocycles. The van der Waals surface area contributed by atoms with E-state index in [1.54, 1.807) is 31.2 Å². The molecule has 1 aliphatic carbocycles. The number of nitrogens with zero attached hydrogens (tertiary/aromatic N) is 3. The molecule has 1 amide bonds. The van der Waals surface area contributed by atoms with Crippen molar-refractivity contribution in [3.05, 3.63) is 40.4 Å². The fourth-order valence-corrected chi connectivity index (χ4v) is 6.71. The second-order valence-electron chi connectivity index (χ2n) is 9.38. The van der Waals surface area contributed by atoms with Crippen LogP contribution in [0.1, 0.15) is 78.1 Å². The Kier molecular flexibility index (Phi) is 11.3. The van der Waals surface area contributed by atoms with Gasteiger partial charge in [-0.2, -0.15) is 5.26 Å². The number of fused-ring (bicyclic) bond motifs is 1. The zero-order valence-electron chi connectivity index (χ0n) is 19.2. The van der Waals surface area contributed by atoms with Crippen molar-refractivity contribution in [2.75, 3.05) is 17.6 Å². The molecule has 2 aromatic rings. The lowest BCUT2D eigenvalue weighted by atomic mass is 9.75. The van der Waals surface area contributed by atoms with Crippen molar-refractivity contribution < 1.29 is 13.2 Å². The summed E-state index contributed by atoms with van der Waals surface area (Å²) in [6.45, 7) is 7.85. The van der Waals surface area contributed by atoms with E-state index in [2.05, 4.69) is 30.1 Å². The van der Waals surface area contributed by atoms with Gasteiger partial charge >= 0.3 is 0 Å². The Bertz CT molecular complexity index is 1160. The highest BCUT2D eigenvalue weighted by Crippen LogP contribution is 2.44. The number of benzene rings is 1. The van der Waals surface area contributed by atoms with Gasteiger partial charge in [-0.05, 0) is 42.4 Å². The maximum absolute atomic E-state index is 12.6. The fourth-order valence-electron chi connectivity index (χ4n) is 4.78. The lowest BCUT2D eigenvalue weighted by Crippen LogP contribution is -2.36. The van der Waals surface area contributed by atoms with Gasteiger partial charge in [0.15, 0.2) is 15.0 Å². The number of thiazole rings is 1. The number of aromatic nitrogens is 1. The Morgan fingerprint density at radius 1 is 1.22 bits per heavy atom. The number of nitriles is 1. The standard InChI is InChI=1S/C24H30N4O3S2.3CH4/c1-4-33(30,31)19-7-5-16(6-8-19)11-21(29)26-24-27-22-20(32-24)14-28(23(22)15(2)3)13-18-9-17(10-18)12-25;;;/h5-8,15,17-18,23H,4,9-11,13-14H2,1-3H3,(H,26,27,29);3*1H4/t17?,18?,23-;;;/m0.../s1. The van der Waals surface area contributed by atoms with Crippen LogP contribution < -0.4 is 5.32 Å². The van der Waals surface area contributed by atoms with Crippen LogP contribution in [0.25, 0.3) is 0 Å². The lowest BCUT2D eigenvalue weighted by Gasteiger charge is -2.37. The molecule has 1 saturated carbocycles. The van der Waals surface area contributed by atoms with Gasteiger partial charge in [-0.25, -0.2) is 13.4 Å². The largest absolute Gasteiger partial charge is 0.302 e. The molecule has 1 fully saturated rings. The molecule has 0 bridgehead atoms. The van der Waals surface area contributed by atoms with Gasteiger partial charge in [0, 0.05) is 23.9 Å². The van der Waals surface area contributed by atoms with Crippen molar-refractivity contribution in [1.82, 2.24) is 9.88 Å². The molecule has 2 heterocycles. The predicted molar refractivity (Wildman–Crippen MR) is 149 cm³/mol. The second kappa shape index (κ2) is 12.8. The van der Waals surface area contributed by atoms with Gasteiger partial charge in [0.2, 0.25) is 5.91 Å². The van der Waals surface area contributed by atoms with Crippen LogP contribution in [0.4, 0.5) is 5.13 Å². The highest BCUT2D eigenvalue weighted by molar-refractivity contribution is 7.91. The number of sulfone groups is 1. The Labute approximate surface area is 221 Å². The van der Waals surface area contributed by atoms with E-state index in [9.17, 15) is 13.2 Å². The van der Waals surface area contributed by atoms with Crippen molar-refractivity contribution in [3.63, 3.8) is 0 Å². The van der Waals surface area contributed by atoms with Gasteiger partial charge in [0.1, 0.15) is 0 Å². The van der Waals surface area contributed by atoms with E-state index < -0.39 is 9.84 Å². The van der Waals surface area contributed by atoms with Gasteiger partial charge < -0.3 is 5.32 Å². The quantitative estimate of drug-likeness (QED) is 0.440. The van der Waals surface area contributed by atoms with Crippen LogP contribution in [0.15, 0.2) is 29.2 Å². The van der Waals surface area contributed by atoms with Crippen LogP contribution in [0.2, 0.25) is 0 Å². The van der Waals surface area contributed by atoms with Crippen LogP contribution in [0.3, 0.4) is 0 Å². The van der Waals surface area contributed by atoms with Gasteiger partial charge in [0.25, 0.3) is 0 Å². The molecule has 0 spiro atoms. The summed E-state index contributed by atoms with van der Waals surface area (Å²) >= 11 is 1.54. The molecule has 200 valence electrons. The number of anilines is 1. The minimum atomic E-state index is -3.24. The molecular weight excluding hydrogens is 492 g/mol. The van der Waals surface area contributed by atoms with Gasteiger partial charge in [-0.1, -0.05) is 55.2 Å². The number of rotatable bonds is 8. The Hall–Kier alpha value is -2.28. The zero-order valence-corrected chi connectivity index (χ0v) is 20.9. The Morgan fingerprint density at radius 2 is 1.86 bits per heavy atom. The molecule has 1 atom stereocenters. The summed E-state index contributed by atoms with van der Waals surface area (Å²) < 4.78 is 23.9. The summed E-state index contributed by atoms with van der Waals surface area (Å²) in [5, 5.41) is 12.6. The Balaban J connectivity index is 0.00000216. The third kappa shape index (κ3) is 6.72. The monoisotopic (exact) mass is 534 g/mol. The van der Waals surface area contributed by atoms with Gasteiger partial charge in [-0.3, -0.25) is 9.69 Å². The average Bonchev–Trinajstić information content (AvgIpc) is 3.26. The van der Waals surface area contributed by atoms with Crippen LogP contribution in [-0.2, 0) is 27.6 Å². The van der Waals surface area contributed by atoms with Crippen LogP contribution in [0, 0.1) is 29.1 Å². The van der Waals surface area contributed by atoms with E-state index in [4.69, 9.17) is 10.2 Å². The topological polar surface area (TPSA) is 103 Å². The molecule has 0 radical (unpaired) electrons. The molecule has 2 aliphatic rings. The van der Waals surface area contributed by atoms with E-state index in [0.29, 0.717) is 17.0 Å². The number of carbonyl (C=O) groups excluding carboxylic acids is 1. The summed E-state index contributed by atoms with van der Waals surface area (Å²) in [4.78, 5) is 21.3. The summed E-state index contributed by atoms with van der Waals surface area (Å²) in [6, 6.07) is 9.09. The first-order chi connectivity index (χ1) is 15.7. The number of hydrogen-bond acceptors (Lipinski definition) is 7. The molecule has 0 unspecified atom stereocenters. The van der Waals surface area contributed by atoms with Crippen LogP contribution >= 0.6 is 11.3 Å². The first-order valence-corrected chi connectivity index (χ1v) is 13.9. The number of nitrogens with one attached hydrogen (secondary N) is 1. The SMILES string of the molecule is C.C.C.CCS(=O)(=O)c1ccc(CC(=O)Nc2nc3c(s2)CN(CC2CC(C#N)C2)[C@H]3C(C)C)cc1. The lowest BCUT2D eigenvalue weighted by molar-refractivity contribution is -0.115. The molecule has 1 aromatic heterocycles. The maximum Gasteiger partial charge on any atom is 0.230 e. The minimum Gasteiger partial charge on any atom is -0.302 e. The fraction of sp³-hybridized carbons (Fsp3) is 0.593. The van der Waals surface area contributed by atoms with Crippen molar-refractivity contribution in [2.24, 2.45) is 17.8 Å². The van der Waals surface area contributed by atoms with Crippen LogP contribution in [0.5, 0.6) is 0 Å². The highest BCUT2D eigenvalue weighted by Gasteiger charge is 2.39. The summed E-state index contributed by atoms with van der Waals surface area (Å²) in [7, 11) is -3.24.